The van der Waals surface area contributed by atoms with Crippen molar-refractivity contribution in [2.75, 3.05) is 11.4 Å². The quantitative estimate of drug-likeness (QED) is 0.165. The summed E-state index contributed by atoms with van der Waals surface area (Å²) in [5, 5.41) is 8.90. The molecule has 1 rings (SSSR count). The standard InChI is InChI=1S/C32H55NO4/c1-5-6-7-8-9-10-11-12-13-14-15-16-17-18-19-20-27-33(31(36)37-32(2,3)4)29-24-21-28(22-25-29)23-26-30(34)35/h21-22,24-25H,5-20,23,26-27H2,1-4H3,(H,34,35). The van der Waals surface area contributed by atoms with E-state index in [0.29, 0.717) is 13.0 Å². The smallest absolute Gasteiger partial charge is 0.414 e. The number of aryl methyl sites for hydroxylation is 1. The van der Waals surface area contributed by atoms with E-state index >= 15 is 0 Å². The van der Waals surface area contributed by atoms with Crippen LogP contribution in [0, 0.1) is 0 Å². The second-order valence-electron chi connectivity index (χ2n) is 11.5. The predicted octanol–water partition coefficient (Wildman–Crippen LogP) is 9.71. The lowest BCUT2D eigenvalue weighted by Gasteiger charge is -2.27. The van der Waals surface area contributed by atoms with Gasteiger partial charge in [0.1, 0.15) is 5.60 Å². The van der Waals surface area contributed by atoms with Crippen molar-refractivity contribution in [1.82, 2.24) is 0 Å². The lowest BCUT2D eigenvalue weighted by atomic mass is 10.0. The molecule has 0 aliphatic rings. The second kappa shape index (κ2) is 20.0. The van der Waals surface area contributed by atoms with Gasteiger partial charge in [-0.05, 0) is 51.3 Å². The van der Waals surface area contributed by atoms with Crippen LogP contribution in [-0.2, 0) is 16.0 Å². The van der Waals surface area contributed by atoms with E-state index in [0.717, 1.165) is 24.1 Å². The number of rotatable bonds is 21. The molecule has 0 fully saturated rings. The third kappa shape index (κ3) is 18.0. The number of hydrogen-bond acceptors (Lipinski definition) is 3. The van der Waals surface area contributed by atoms with Crippen molar-refractivity contribution < 1.29 is 19.4 Å². The summed E-state index contributed by atoms with van der Waals surface area (Å²) in [6, 6.07) is 7.60. The fourth-order valence-electron chi connectivity index (χ4n) is 4.55. The Hall–Kier alpha value is -2.04. The molecule has 5 nitrogen and oxygen atoms in total. The van der Waals surface area contributed by atoms with E-state index in [1.807, 2.05) is 45.0 Å². The molecule has 0 aliphatic carbocycles. The molecule has 0 saturated heterocycles. The van der Waals surface area contributed by atoms with Crippen molar-refractivity contribution in [1.29, 1.82) is 0 Å². The molecule has 0 unspecified atom stereocenters. The monoisotopic (exact) mass is 517 g/mol. The van der Waals surface area contributed by atoms with E-state index in [9.17, 15) is 9.59 Å². The van der Waals surface area contributed by atoms with E-state index in [1.165, 1.54) is 89.9 Å². The highest BCUT2D eigenvalue weighted by Crippen LogP contribution is 2.21. The predicted molar refractivity (Wildman–Crippen MR) is 156 cm³/mol. The van der Waals surface area contributed by atoms with Crippen LogP contribution in [0.2, 0.25) is 0 Å². The third-order valence-electron chi connectivity index (χ3n) is 6.72. The van der Waals surface area contributed by atoms with Gasteiger partial charge in [0.2, 0.25) is 0 Å². The molecular formula is C32H55NO4. The summed E-state index contributed by atoms with van der Waals surface area (Å²) in [6.07, 6.45) is 21.4. The third-order valence-corrected chi connectivity index (χ3v) is 6.72. The molecule has 212 valence electrons. The number of carboxylic acid groups (broad SMARTS) is 1. The van der Waals surface area contributed by atoms with Crippen LogP contribution in [0.15, 0.2) is 24.3 Å². The van der Waals surface area contributed by atoms with Crippen molar-refractivity contribution in [3.05, 3.63) is 29.8 Å². The number of ether oxygens (including phenoxy) is 1. The minimum Gasteiger partial charge on any atom is -0.481 e. The van der Waals surface area contributed by atoms with E-state index < -0.39 is 11.6 Å². The normalized spacial score (nSPS) is 11.5. The Labute approximate surface area is 227 Å². The van der Waals surface area contributed by atoms with Crippen LogP contribution in [0.3, 0.4) is 0 Å². The van der Waals surface area contributed by atoms with Crippen LogP contribution in [0.4, 0.5) is 10.5 Å². The van der Waals surface area contributed by atoms with Gasteiger partial charge in [0.15, 0.2) is 0 Å². The molecule has 0 radical (unpaired) electrons. The first-order chi connectivity index (χ1) is 17.7. The molecule has 1 aromatic carbocycles. The molecule has 0 atom stereocenters. The van der Waals surface area contributed by atoms with Crippen LogP contribution in [0.25, 0.3) is 0 Å². The highest BCUT2D eigenvalue weighted by molar-refractivity contribution is 5.87. The minimum atomic E-state index is -0.803. The van der Waals surface area contributed by atoms with Crippen LogP contribution in [0.1, 0.15) is 142 Å². The molecular weight excluding hydrogens is 462 g/mol. The number of amides is 1. The van der Waals surface area contributed by atoms with Crippen LogP contribution in [0.5, 0.6) is 0 Å². The van der Waals surface area contributed by atoms with E-state index in [1.54, 1.807) is 4.90 Å². The highest BCUT2D eigenvalue weighted by atomic mass is 16.6. The average Bonchev–Trinajstić information content (AvgIpc) is 2.84. The molecule has 0 aliphatic heterocycles. The first-order valence-electron chi connectivity index (χ1n) is 15.0. The number of benzene rings is 1. The zero-order valence-electron chi connectivity index (χ0n) is 24.4. The number of carbonyl (C=O) groups excluding carboxylic acids is 1. The zero-order chi connectivity index (χ0) is 27.4. The molecule has 0 aromatic heterocycles. The fourth-order valence-corrected chi connectivity index (χ4v) is 4.55. The van der Waals surface area contributed by atoms with Crippen molar-refractivity contribution >= 4 is 17.7 Å². The summed E-state index contributed by atoms with van der Waals surface area (Å²) < 4.78 is 5.65. The Morgan fingerprint density at radius 1 is 0.730 bits per heavy atom. The SMILES string of the molecule is CCCCCCCCCCCCCCCCCCN(C(=O)OC(C)(C)C)c1ccc(CCC(=O)O)cc1. The van der Waals surface area contributed by atoms with Crippen molar-refractivity contribution in [2.24, 2.45) is 0 Å². The fraction of sp³-hybridized carbons (Fsp3) is 0.750. The Kier molecular flexibility index (Phi) is 17.8. The largest absolute Gasteiger partial charge is 0.481 e. The molecule has 5 heteroatoms. The Morgan fingerprint density at radius 3 is 1.57 bits per heavy atom. The first-order valence-corrected chi connectivity index (χ1v) is 15.0. The van der Waals surface area contributed by atoms with E-state index in [-0.39, 0.29) is 12.5 Å². The molecule has 1 N–H and O–H groups in total. The van der Waals surface area contributed by atoms with E-state index in [2.05, 4.69) is 6.92 Å². The number of anilines is 1. The minimum absolute atomic E-state index is 0.105. The lowest BCUT2D eigenvalue weighted by Crippen LogP contribution is -2.37. The van der Waals surface area contributed by atoms with Gasteiger partial charge >= 0.3 is 12.1 Å². The van der Waals surface area contributed by atoms with Gasteiger partial charge < -0.3 is 9.84 Å². The van der Waals surface area contributed by atoms with Crippen LogP contribution in [-0.4, -0.2) is 29.3 Å². The van der Waals surface area contributed by atoms with Gasteiger partial charge in [0.05, 0.1) is 0 Å². The summed E-state index contributed by atoms with van der Waals surface area (Å²) in [4.78, 5) is 25.4. The van der Waals surface area contributed by atoms with Gasteiger partial charge in [0, 0.05) is 18.7 Å². The zero-order valence-corrected chi connectivity index (χ0v) is 24.4. The first kappa shape index (κ1) is 33.0. The summed E-state index contributed by atoms with van der Waals surface area (Å²) in [5.74, 6) is -0.803. The van der Waals surface area contributed by atoms with Gasteiger partial charge in [-0.3, -0.25) is 9.69 Å². The van der Waals surface area contributed by atoms with Crippen LogP contribution >= 0.6 is 0 Å². The van der Waals surface area contributed by atoms with Crippen molar-refractivity contribution in [3.63, 3.8) is 0 Å². The van der Waals surface area contributed by atoms with Gasteiger partial charge in [-0.2, -0.15) is 0 Å². The molecule has 0 bridgehead atoms. The van der Waals surface area contributed by atoms with Crippen molar-refractivity contribution in [3.8, 4) is 0 Å². The van der Waals surface area contributed by atoms with Crippen molar-refractivity contribution in [2.45, 2.75) is 149 Å². The Morgan fingerprint density at radius 2 is 1.16 bits per heavy atom. The Balaban J connectivity index is 2.27. The molecule has 0 spiro atoms. The summed E-state index contributed by atoms with van der Waals surface area (Å²) >= 11 is 0. The Bertz CT molecular complexity index is 723. The average molecular weight is 518 g/mol. The molecule has 0 heterocycles. The highest BCUT2D eigenvalue weighted by Gasteiger charge is 2.23. The van der Waals surface area contributed by atoms with E-state index in [4.69, 9.17) is 9.84 Å². The van der Waals surface area contributed by atoms with Gasteiger partial charge in [-0.1, -0.05) is 115 Å². The molecule has 1 amide bonds. The number of aliphatic carboxylic acids is 1. The van der Waals surface area contributed by atoms with Gasteiger partial charge in [-0.15, -0.1) is 0 Å². The molecule has 1 aromatic rings. The maximum Gasteiger partial charge on any atom is 0.414 e. The molecule has 0 saturated carbocycles. The van der Waals surface area contributed by atoms with Gasteiger partial charge in [-0.25, -0.2) is 4.79 Å². The second-order valence-corrected chi connectivity index (χ2v) is 11.5. The summed E-state index contributed by atoms with van der Waals surface area (Å²) in [6.45, 7) is 8.55. The maximum atomic E-state index is 12.9. The number of carbonyl (C=O) groups is 2. The molecule has 37 heavy (non-hydrogen) atoms. The topological polar surface area (TPSA) is 66.8 Å². The number of nitrogens with zero attached hydrogens (tertiary/aromatic N) is 1. The summed E-state index contributed by atoms with van der Waals surface area (Å²) in [5.41, 5.74) is 1.21. The number of carboxylic acids is 1. The van der Waals surface area contributed by atoms with Crippen LogP contribution < -0.4 is 4.90 Å². The maximum absolute atomic E-state index is 12.9. The van der Waals surface area contributed by atoms with Gasteiger partial charge in [0.25, 0.3) is 0 Å². The summed E-state index contributed by atoms with van der Waals surface area (Å²) in [7, 11) is 0. The lowest BCUT2D eigenvalue weighted by molar-refractivity contribution is -0.136. The number of unbranched alkanes of at least 4 members (excludes halogenated alkanes) is 15. The number of hydrogen-bond donors (Lipinski definition) is 1.